The van der Waals surface area contributed by atoms with Gasteiger partial charge in [-0.2, -0.15) is 0 Å². The lowest BCUT2D eigenvalue weighted by Crippen LogP contribution is -2.17. The van der Waals surface area contributed by atoms with Crippen molar-refractivity contribution in [1.82, 2.24) is 0 Å². The van der Waals surface area contributed by atoms with Gasteiger partial charge in [-0.15, -0.1) is 0 Å². The molecular formula is C10H18O3. The quantitative estimate of drug-likeness (QED) is 0.673. The summed E-state index contributed by atoms with van der Waals surface area (Å²) in [5.74, 6) is 0.465. The topological polar surface area (TPSA) is 38.7 Å². The van der Waals surface area contributed by atoms with Crippen LogP contribution in [0.3, 0.4) is 0 Å². The standard InChI is InChI=1S/C10H18O3/c1-3-4-8(2)5-10-12-7-9(6-11)13-10/h3-4,8-11H,5-7H2,1-2H3/b4-3+. The highest BCUT2D eigenvalue weighted by Crippen LogP contribution is 2.18. The van der Waals surface area contributed by atoms with Gasteiger partial charge in [0.25, 0.3) is 0 Å². The number of aliphatic hydroxyl groups excluding tert-OH is 1. The summed E-state index contributed by atoms with van der Waals surface area (Å²) in [4.78, 5) is 0. The van der Waals surface area contributed by atoms with Crippen LogP contribution in [0, 0.1) is 5.92 Å². The summed E-state index contributed by atoms with van der Waals surface area (Å²) in [7, 11) is 0. The maximum atomic E-state index is 8.80. The van der Waals surface area contributed by atoms with Gasteiger partial charge >= 0.3 is 0 Å². The molecule has 0 aromatic heterocycles. The van der Waals surface area contributed by atoms with E-state index < -0.39 is 0 Å². The van der Waals surface area contributed by atoms with E-state index in [9.17, 15) is 0 Å². The Morgan fingerprint density at radius 2 is 2.38 bits per heavy atom. The van der Waals surface area contributed by atoms with E-state index in [-0.39, 0.29) is 19.0 Å². The van der Waals surface area contributed by atoms with Crippen molar-refractivity contribution >= 4 is 0 Å². The highest BCUT2D eigenvalue weighted by Gasteiger charge is 2.25. The molecule has 0 aromatic carbocycles. The second-order valence-corrected chi connectivity index (χ2v) is 3.44. The third-order valence-corrected chi connectivity index (χ3v) is 2.10. The first-order chi connectivity index (χ1) is 6.26. The number of ether oxygens (including phenoxy) is 2. The van der Waals surface area contributed by atoms with Crippen molar-refractivity contribution in [3.8, 4) is 0 Å². The lowest BCUT2D eigenvalue weighted by atomic mass is 10.1. The van der Waals surface area contributed by atoms with Gasteiger partial charge in [0.1, 0.15) is 6.10 Å². The maximum absolute atomic E-state index is 8.80. The molecule has 1 rings (SSSR count). The van der Waals surface area contributed by atoms with Gasteiger partial charge in [0.2, 0.25) is 0 Å². The van der Waals surface area contributed by atoms with Crippen LogP contribution in [-0.2, 0) is 9.47 Å². The van der Waals surface area contributed by atoms with Crippen molar-refractivity contribution in [3.05, 3.63) is 12.2 Å². The van der Waals surface area contributed by atoms with Gasteiger partial charge in [0.05, 0.1) is 13.2 Å². The number of hydrogen-bond acceptors (Lipinski definition) is 3. The molecule has 1 aliphatic rings. The minimum atomic E-state index is -0.136. The minimum Gasteiger partial charge on any atom is -0.394 e. The molecule has 1 N–H and O–H groups in total. The lowest BCUT2D eigenvalue weighted by Gasteiger charge is -2.12. The first kappa shape index (κ1) is 10.7. The molecule has 0 aliphatic carbocycles. The van der Waals surface area contributed by atoms with Crippen LogP contribution in [0.25, 0.3) is 0 Å². The van der Waals surface area contributed by atoms with E-state index in [1.54, 1.807) is 0 Å². The van der Waals surface area contributed by atoms with E-state index in [1.807, 2.05) is 13.0 Å². The normalized spacial score (nSPS) is 31.3. The Labute approximate surface area is 79.3 Å². The van der Waals surface area contributed by atoms with Gasteiger partial charge in [-0.3, -0.25) is 0 Å². The van der Waals surface area contributed by atoms with Gasteiger partial charge in [0, 0.05) is 6.42 Å². The molecule has 0 spiro atoms. The molecule has 0 saturated carbocycles. The number of hydrogen-bond donors (Lipinski definition) is 1. The molecule has 0 aromatic rings. The van der Waals surface area contributed by atoms with E-state index in [2.05, 4.69) is 13.0 Å². The molecule has 3 atom stereocenters. The van der Waals surface area contributed by atoms with Crippen LogP contribution < -0.4 is 0 Å². The molecule has 1 aliphatic heterocycles. The Kier molecular flexibility index (Phi) is 4.42. The van der Waals surface area contributed by atoms with Crippen LogP contribution in [0.4, 0.5) is 0 Å². The highest BCUT2D eigenvalue weighted by molar-refractivity contribution is 4.84. The number of allylic oxidation sites excluding steroid dienone is 2. The summed E-state index contributed by atoms with van der Waals surface area (Å²) in [5, 5.41) is 8.80. The van der Waals surface area contributed by atoms with Crippen molar-refractivity contribution in [1.29, 1.82) is 0 Å². The smallest absolute Gasteiger partial charge is 0.158 e. The molecule has 0 amide bonds. The summed E-state index contributed by atoms with van der Waals surface area (Å²) in [6, 6.07) is 0. The van der Waals surface area contributed by atoms with Crippen molar-refractivity contribution < 1.29 is 14.6 Å². The van der Waals surface area contributed by atoms with Crippen molar-refractivity contribution in [3.63, 3.8) is 0 Å². The third-order valence-electron chi connectivity index (χ3n) is 2.10. The zero-order chi connectivity index (χ0) is 9.68. The molecule has 1 fully saturated rings. The Morgan fingerprint density at radius 3 is 2.92 bits per heavy atom. The van der Waals surface area contributed by atoms with Gasteiger partial charge < -0.3 is 14.6 Å². The predicted octanol–water partition coefficient (Wildman–Crippen LogP) is 1.32. The predicted molar refractivity (Wildman–Crippen MR) is 50.3 cm³/mol. The van der Waals surface area contributed by atoms with Gasteiger partial charge in [-0.05, 0) is 12.8 Å². The first-order valence-electron chi connectivity index (χ1n) is 4.77. The minimum absolute atomic E-state index is 0.0501. The molecule has 1 saturated heterocycles. The van der Waals surface area contributed by atoms with Gasteiger partial charge in [0.15, 0.2) is 6.29 Å². The molecule has 76 valence electrons. The summed E-state index contributed by atoms with van der Waals surface area (Å²) in [6.07, 6.45) is 4.76. The van der Waals surface area contributed by atoms with Crippen LogP contribution in [-0.4, -0.2) is 30.7 Å². The summed E-state index contributed by atoms with van der Waals surface area (Å²) in [6.45, 7) is 4.70. The van der Waals surface area contributed by atoms with Crippen molar-refractivity contribution in [2.24, 2.45) is 5.92 Å². The first-order valence-corrected chi connectivity index (χ1v) is 4.77. The highest BCUT2D eigenvalue weighted by atomic mass is 16.7. The zero-order valence-electron chi connectivity index (χ0n) is 8.27. The largest absolute Gasteiger partial charge is 0.394 e. The second-order valence-electron chi connectivity index (χ2n) is 3.44. The van der Waals surface area contributed by atoms with Crippen LogP contribution in [0.2, 0.25) is 0 Å². The van der Waals surface area contributed by atoms with Crippen LogP contribution in [0.5, 0.6) is 0 Å². The Bertz CT molecular complexity index is 168. The monoisotopic (exact) mass is 186 g/mol. The average Bonchev–Trinajstić information content (AvgIpc) is 2.52. The fourth-order valence-electron chi connectivity index (χ4n) is 1.44. The fraction of sp³-hybridized carbons (Fsp3) is 0.800. The van der Waals surface area contributed by atoms with E-state index >= 15 is 0 Å². The van der Waals surface area contributed by atoms with Crippen LogP contribution >= 0.6 is 0 Å². The molecule has 13 heavy (non-hydrogen) atoms. The average molecular weight is 186 g/mol. The lowest BCUT2D eigenvalue weighted by molar-refractivity contribution is -0.0738. The van der Waals surface area contributed by atoms with Crippen LogP contribution in [0.15, 0.2) is 12.2 Å². The molecule has 1 heterocycles. The second kappa shape index (κ2) is 5.37. The zero-order valence-corrected chi connectivity index (χ0v) is 8.27. The fourth-order valence-corrected chi connectivity index (χ4v) is 1.44. The summed E-state index contributed by atoms with van der Waals surface area (Å²) < 4.78 is 10.8. The molecule has 0 radical (unpaired) electrons. The summed E-state index contributed by atoms with van der Waals surface area (Å²) >= 11 is 0. The van der Waals surface area contributed by atoms with Crippen molar-refractivity contribution in [2.75, 3.05) is 13.2 Å². The van der Waals surface area contributed by atoms with E-state index in [0.29, 0.717) is 12.5 Å². The molecular weight excluding hydrogens is 168 g/mol. The number of rotatable bonds is 4. The molecule has 3 nitrogen and oxygen atoms in total. The molecule has 0 bridgehead atoms. The van der Waals surface area contributed by atoms with E-state index in [0.717, 1.165) is 6.42 Å². The maximum Gasteiger partial charge on any atom is 0.158 e. The number of aliphatic hydroxyl groups is 1. The van der Waals surface area contributed by atoms with E-state index in [4.69, 9.17) is 14.6 Å². The summed E-state index contributed by atoms with van der Waals surface area (Å²) in [5.41, 5.74) is 0. The SMILES string of the molecule is C/C=C/C(C)CC1OCC(CO)O1. The molecule has 3 unspecified atom stereocenters. The van der Waals surface area contributed by atoms with E-state index in [1.165, 1.54) is 0 Å². The Balaban J connectivity index is 2.23. The Morgan fingerprint density at radius 1 is 1.62 bits per heavy atom. The molecule has 3 heteroatoms. The van der Waals surface area contributed by atoms with Gasteiger partial charge in [-0.1, -0.05) is 19.1 Å². The third kappa shape index (κ3) is 3.46. The van der Waals surface area contributed by atoms with Crippen molar-refractivity contribution in [2.45, 2.75) is 32.7 Å². The van der Waals surface area contributed by atoms with Gasteiger partial charge in [-0.25, -0.2) is 0 Å². The van der Waals surface area contributed by atoms with Crippen LogP contribution in [0.1, 0.15) is 20.3 Å². The Hall–Kier alpha value is -0.380.